The van der Waals surface area contributed by atoms with Crippen LogP contribution in [0.4, 0.5) is 13.2 Å². The second kappa shape index (κ2) is 5.38. The molecule has 9 heteroatoms. The van der Waals surface area contributed by atoms with Crippen molar-refractivity contribution in [2.24, 2.45) is 7.05 Å². The average Bonchev–Trinajstić information content (AvgIpc) is 2.54. The van der Waals surface area contributed by atoms with E-state index in [1.807, 2.05) is 0 Å². The minimum Gasteiger partial charge on any atom is -0.479 e. The fourth-order valence-corrected chi connectivity index (χ4v) is 1.80. The fourth-order valence-electron chi connectivity index (χ4n) is 1.80. The van der Waals surface area contributed by atoms with Gasteiger partial charge in [-0.2, -0.15) is 18.3 Å². The van der Waals surface area contributed by atoms with Gasteiger partial charge < -0.3 is 10.4 Å². The molecule has 0 saturated heterocycles. The molecule has 0 aromatic carbocycles. The number of aryl methyl sites for hydroxylation is 2. The summed E-state index contributed by atoms with van der Waals surface area (Å²) in [5, 5.41) is 14.3. The highest BCUT2D eigenvalue weighted by Gasteiger charge is 2.58. The van der Waals surface area contributed by atoms with E-state index in [0.717, 1.165) is 0 Å². The average molecular weight is 307 g/mol. The Morgan fingerprint density at radius 1 is 1.33 bits per heavy atom. The Hall–Kier alpha value is -2.06. The number of carboxylic acids is 1. The van der Waals surface area contributed by atoms with Crippen molar-refractivity contribution in [3.63, 3.8) is 0 Å². The number of hydrogen-bond acceptors (Lipinski definition) is 3. The smallest absolute Gasteiger partial charge is 0.422 e. The summed E-state index contributed by atoms with van der Waals surface area (Å²) in [5.41, 5.74) is -1.71. The lowest BCUT2D eigenvalue weighted by Gasteiger charge is -2.28. The van der Waals surface area contributed by atoms with Crippen molar-refractivity contribution < 1.29 is 27.9 Å². The Morgan fingerprint density at radius 3 is 2.19 bits per heavy atom. The quantitative estimate of drug-likeness (QED) is 0.872. The zero-order valence-corrected chi connectivity index (χ0v) is 12.0. The summed E-state index contributed by atoms with van der Waals surface area (Å²) >= 11 is 0. The van der Waals surface area contributed by atoms with Gasteiger partial charge in [-0.05, 0) is 20.8 Å². The van der Waals surface area contributed by atoms with Crippen molar-refractivity contribution >= 4 is 11.9 Å². The van der Waals surface area contributed by atoms with Crippen LogP contribution in [-0.4, -0.2) is 38.5 Å². The van der Waals surface area contributed by atoms with E-state index >= 15 is 0 Å². The molecule has 0 radical (unpaired) electrons. The van der Waals surface area contributed by atoms with Gasteiger partial charge in [0.15, 0.2) is 0 Å². The normalized spacial score (nSPS) is 14.6. The lowest BCUT2D eigenvalue weighted by molar-refractivity contribution is -0.206. The van der Waals surface area contributed by atoms with Crippen LogP contribution in [0.25, 0.3) is 0 Å². The summed E-state index contributed by atoms with van der Waals surface area (Å²) in [7, 11) is 1.64. The predicted molar refractivity (Wildman–Crippen MR) is 66.6 cm³/mol. The molecule has 1 aromatic heterocycles. The Morgan fingerprint density at radius 2 is 1.86 bits per heavy atom. The molecule has 1 heterocycles. The van der Waals surface area contributed by atoms with Crippen LogP contribution in [0, 0.1) is 13.8 Å². The summed E-state index contributed by atoms with van der Waals surface area (Å²) in [6.45, 7) is 3.70. The summed E-state index contributed by atoms with van der Waals surface area (Å²) in [6.07, 6.45) is -5.47. The largest absolute Gasteiger partial charge is 0.479 e. The number of carbonyl (C=O) groups excluding carboxylic acids is 1. The number of carbonyl (C=O) groups is 2. The van der Waals surface area contributed by atoms with E-state index in [9.17, 15) is 22.8 Å². The molecule has 0 aliphatic heterocycles. The molecule has 1 rings (SSSR count). The third-order valence-corrected chi connectivity index (χ3v) is 3.38. The van der Waals surface area contributed by atoms with Crippen molar-refractivity contribution in [2.45, 2.75) is 38.9 Å². The topological polar surface area (TPSA) is 84.2 Å². The second-order valence-electron chi connectivity index (χ2n) is 4.93. The summed E-state index contributed by atoms with van der Waals surface area (Å²) < 4.78 is 39.9. The first kappa shape index (κ1) is 17.0. The van der Waals surface area contributed by atoms with Gasteiger partial charge in [-0.1, -0.05) is 0 Å². The van der Waals surface area contributed by atoms with Crippen LogP contribution in [0.1, 0.15) is 23.9 Å². The highest BCUT2D eigenvalue weighted by atomic mass is 19.4. The number of carboxylic acid groups (broad SMARTS) is 1. The first-order chi connectivity index (χ1) is 9.40. The zero-order chi connectivity index (χ0) is 16.6. The van der Waals surface area contributed by atoms with Crippen LogP contribution in [-0.2, 0) is 23.1 Å². The van der Waals surface area contributed by atoms with Crippen molar-refractivity contribution in [1.29, 1.82) is 0 Å². The molecule has 21 heavy (non-hydrogen) atoms. The van der Waals surface area contributed by atoms with Gasteiger partial charge in [-0.3, -0.25) is 9.48 Å². The number of aromatic nitrogens is 2. The number of aliphatic carboxylic acids is 1. The van der Waals surface area contributed by atoms with E-state index in [-0.39, 0.29) is 6.42 Å². The van der Waals surface area contributed by atoms with Crippen molar-refractivity contribution in [2.75, 3.05) is 0 Å². The number of amides is 1. The van der Waals surface area contributed by atoms with Crippen LogP contribution in [0.5, 0.6) is 0 Å². The van der Waals surface area contributed by atoms with Crippen molar-refractivity contribution in [1.82, 2.24) is 15.1 Å². The number of hydrogen-bond donors (Lipinski definition) is 2. The third kappa shape index (κ3) is 3.17. The van der Waals surface area contributed by atoms with E-state index in [2.05, 4.69) is 5.10 Å². The molecule has 6 nitrogen and oxygen atoms in total. The minimum atomic E-state index is -5.10. The molecule has 0 spiro atoms. The fraction of sp³-hybridized carbons (Fsp3) is 0.583. The molecule has 2 N–H and O–H groups in total. The summed E-state index contributed by atoms with van der Waals surface area (Å²) in [6, 6.07) is 0. The Labute approximate surface area is 118 Å². The van der Waals surface area contributed by atoms with Crippen molar-refractivity contribution in [3.05, 3.63) is 17.0 Å². The van der Waals surface area contributed by atoms with Gasteiger partial charge in [-0.25, -0.2) is 4.79 Å². The molecule has 0 aliphatic rings. The first-order valence-electron chi connectivity index (χ1n) is 6.00. The van der Waals surface area contributed by atoms with Gasteiger partial charge in [0.1, 0.15) is 0 Å². The van der Waals surface area contributed by atoms with Crippen LogP contribution in [0.2, 0.25) is 0 Å². The molecular weight excluding hydrogens is 291 g/mol. The number of nitrogens with zero attached hydrogens (tertiary/aromatic N) is 2. The number of nitrogens with one attached hydrogen (secondary N) is 1. The van der Waals surface area contributed by atoms with E-state index < -0.39 is 23.6 Å². The van der Waals surface area contributed by atoms with Crippen LogP contribution >= 0.6 is 0 Å². The predicted octanol–water partition coefficient (Wildman–Crippen LogP) is 1.10. The van der Waals surface area contributed by atoms with Gasteiger partial charge >= 0.3 is 12.1 Å². The minimum absolute atomic E-state index is 0.371. The van der Waals surface area contributed by atoms with E-state index in [4.69, 9.17) is 5.11 Å². The lowest BCUT2D eigenvalue weighted by atomic mass is 10.0. The number of alkyl halides is 3. The van der Waals surface area contributed by atoms with Crippen LogP contribution in [0.3, 0.4) is 0 Å². The van der Waals surface area contributed by atoms with Gasteiger partial charge in [0, 0.05) is 18.3 Å². The maximum absolute atomic E-state index is 12.8. The molecule has 1 aromatic rings. The van der Waals surface area contributed by atoms with E-state index in [1.54, 1.807) is 26.2 Å². The highest BCUT2D eigenvalue weighted by molar-refractivity contribution is 5.88. The van der Waals surface area contributed by atoms with Gasteiger partial charge in [-0.15, -0.1) is 0 Å². The number of rotatable bonds is 4. The number of halogens is 3. The van der Waals surface area contributed by atoms with Crippen LogP contribution in [0.15, 0.2) is 0 Å². The Balaban J connectivity index is 2.98. The second-order valence-corrected chi connectivity index (χ2v) is 4.93. The lowest BCUT2D eigenvalue weighted by Crippen LogP contribution is -2.62. The van der Waals surface area contributed by atoms with Crippen LogP contribution < -0.4 is 5.32 Å². The molecule has 0 fully saturated rings. The van der Waals surface area contributed by atoms with Crippen molar-refractivity contribution in [3.8, 4) is 0 Å². The SMILES string of the molecule is Cc1nn(C)c(C)c1CC(=O)NC(C)(C(=O)O)C(F)(F)F. The Bertz CT molecular complexity index is 580. The maximum Gasteiger partial charge on any atom is 0.422 e. The molecule has 1 atom stereocenters. The Kier molecular flexibility index (Phi) is 4.35. The highest BCUT2D eigenvalue weighted by Crippen LogP contribution is 2.30. The molecule has 1 unspecified atom stereocenters. The first-order valence-corrected chi connectivity index (χ1v) is 6.00. The summed E-state index contributed by atoms with van der Waals surface area (Å²) in [4.78, 5) is 22.6. The molecule has 1 amide bonds. The van der Waals surface area contributed by atoms with E-state index in [1.165, 1.54) is 4.68 Å². The molecular formula is C12H16F3N3O3. The molecule has 118 valence electrons. The molecule has 0 bridgehead atoms. The zero-order valence-electron chi connectivity index (χ0n) is 12.0. The van der Waals surface area contributed by atoms with E-state index in [0.29, 0.717) is 23.9 Å². The maximum atomic E-state index is 12.8. The molecule has 0 saturated carbocycles. The van der Waals surface area contributed by atoms with Gasteiger partial charge in [0.2, 0.25) is 11.4 Å². The monoisotopic (exact) mass is 307 g/mol. The van der Waals surface area contributed by atoms with Gasteiger partial charge in [0.25, 0.3) is 0 Å². The third-order valence-electron chi connectivity index (χ3n) is 3.38. The molecule has 0 aliphatic carbocycles. The standard InChI is InChI=1S/C12H16F3N3O3/c1-6-8(7(2)18(4)17-6)5-9(19)16-11(3,10(20)21)12(13,14)15/h5H2,1-4H3,(H,16,19)(H,20,21). The van der Waals surface area contributed by atoms with Gasteiger partial charge in [0.05, 0.1) is 12.1 Å². The summed E-state index contributed by atoms with van der Waals surface area (Å²) in [5.74, 6) is -3.19.